The molecule has 25 heavy (non-hydrogen) atoms. The second kappa shape index (κ2) is 5.49. The summed E-state index contributed by atoms with van der Waals surface area (Å²) < 4.78 is 0. The van der Waals surface area contributed by atoms with Gasteiger partial charge >= 0.3 is 0 Å². The van der Waals surface area contributed by atoms with E-state index in [2.05, 4.69) is 5.32 Å². The fourth-order valence-electron chi connectivity index (χ4n) is 5.49. The lowest BCUT2D eigenvalue weighted by Gasteiger charge is -2.54. The molecular weight excluding hydrogens is 318 g/mol. The van der Waals surface area contributed by atoms with Crippen molar-refractivity contribution >= 4 is 17.3 Å². The highest BCUT2D eigenvalue weighted by Gasteiger charge is 2.57. The number of Topliss-reactive ketones (excluding diaryl/α,β-unsaturated/α-hetero) is 3. The lowest BCUT2D eigenvalue weighted by molar-refractivity contribution is -0.132. The van der Waals surface area contributed by atoms with Crippen molar-refractivity contribution in [3.63, 3.8) is 0 Å². The second-order valence-electron chi connectivity index (χ2n) is 7.69. The molecule has 0 unspecified atom stereocenters. The van der Waals surface area contributed by atoms with Crippen molar-refractivity contribution in [2.45, 2.75) is 57.4 Å². The molecule has 3 aliphatic rings. The molecule has 1 aromatic rings. The largest absolute Gasteiger partial charge is 0.507 e. The van der Waals surface area contributed by atoms with Crippen molar-refractivity contribution in [1.29, 1.82) is 0 Å². The quantitative estimate of drug-likeness (QED) is 0.807. The summed E-state index contributed by atoms with van der Waals surface area (Å²) in [4.78, 5) is 37.3. The van der Waals surface area contributed by atoms with Crippen LogP contribution in [-0.2, 0) is 16.6 Å². The maximum Gasteiger partial charge on any atom is 0.164 e. The maximum absolute atomic E-state index is 13.1. The monoisotopic (exact) mass is 341 g/mol. The van der Waals surface area contributed by atoms with Gasteiger partial charge in [-0.05, 0) is 63.6 Å². The Hall–Kier alpha value is -2.01. The Bertz CT molecular complexity index is 812. The van der Waals surface area contributed by atoms with Gasteiger partial charge in [0.2, 0.25) is 0 Å². The van der Waals surface area contributed by atoms with Crippen LogP contribution in [-0.4, -0.2) is 35.0 Å². The third-order valence-corrected chi connectivity index (χ3v) is 6.50. The summed E-state index contributed by atoms with van der Waals surface area (Å²) in [6, 6.07) is 1.88. The highest BCUT2D eigenvalue weighted by molar-refractivity contribution is 6.10. The molecule has 1 saturated carbocycles. The predicted molar refractivity (Wildman–Crippen MR) is 92.3 cm³/mol. The second-order valence-corrected chi connectivity index (χ2v) is 7.69. The predicted octanol–water partition coefficient (Wildman–Crippen LogP) is 2.32. The zero-order valence-electron chi connectivity index (χ0n) is 14.6. The minimum Gasteiger partial charge on any atom is -0.507 e. The van der Waals surface area contributed by atoms with E-state index in [-0.39, 0.29) is 46.2 Å². The van der Waals surface area contributed by atoms with Crippen molar-refractivity contribution in [1.82, 2.24) is 5.32 Å². The molecule has 2 N–H and O–H groups in total. The van der Waals surface area contributed by atoms with Gasteiger partial charge < -0.3 is 10.4 Å². The molecule has 3 atom stereocenters. The number of benzene rings is 1. The van der Waals surface area contributed by atoms with Crippen molar-refractivity contribution in [3.05, 3.63) is 28.3 Å². The number of phenolic OH excluding ortho intramolecular Hbond substituents is 1. The number of carbonyl (C=O) groups is 3. The number of fused-ring (bicyclic) bond motifs is 1. The Morgan fingerprint density at radius 1 is 1.28 bits per heavy atom. The van der Waals surface area contributed by atoms with Gasteiger partial charge in [-0.2, -0.15) is 0 Å². The lowest BCUT2D eigenvalue weighted by Crippen LogP contribution is -2.63. The molecule has 1 aromatic carbocycles. The molecule has 2 fully saturated rings. The first kappa shape index (κ1) is 16.5. The normalized spacial score (nSPS) is 30.4. The molecule has 132 valence electrons. The summed E-state index contributed by atoms with van der Waals surface area (Å²) in [5.41, 5.74) is 1.21. The first-order valence-corrected chi connectivity index (χ1v) is 9.05. The number of hydrogen-bond donors (Lipinski definition) is 2. The van der Waals surface area contributed by atoms with Crippen molar-refractivity contribution < 1.29 is 19.5 Å². The Morgan fingerprint density at radius 3 is 2.72 bits per heavy atom. The first-order valence-electron chi connectivity index (χ1n) is 9.05. The molecule has 0 amide bonds. The third-order valence-electron chi connectivity index (χ3n) is 6.50. The zero-order chi connectivity index (χ0) is 17.9. The first-order chi connectivity index (χ1) is 11.9. The van der Waals surface area contributed by atoms with E-state index in [1.807, 2.05) is 0 Å². The number of aromatic hydroxyl groups is 1. The molecule has 4 rings (SSSR count). The van der Waals surface area contributed by atoms with E-state index < -0.39 is 5.41 Å². The van der Waals surface area contributed by atoms with Crippen molar-refractivity contribution in [2.75, 3.05) is 6.54 Å². The van der Waals surface area contributed by atoms with Crippen molar-refractivity contribution in [3.8, 4) is 5.75 Å². The summed E-state index contributed by atoms with van der Waals surface area (Å²) in [6.07, 6.45) is 3.71. The minimum absolute atomic E-state index is 0.0971. The lowest BCUT2D eigenvalue weighted by atomic mass is 9.52. The van der Waals surface area contributed by atoms with Gasteiger partial charge in [0.1, 0.15) is 11.5 Å². The fraction of sp³-hybridized carbons (Fsp3) is 0.550. The summed E-state index contributed by atoms with van der Waals surface area (Å²) >= 11 is 0. The molecule has 0 aromatic heterocycles. The van der Waals surface area contributed by atoms with E-state index in [0.29, 0.717) is 24.8 Å². The number of rotatable bonds is 2. The topological polar surface area (TPSA) is 83.5 Å². The molecule has 2 aliphatic carbocycles. The van der Waals surface area contributed by atoms with E-state index in [4.69, 9.17) is 0 Å². The van der Waals surface area contributed by atoms with Crippen LogP contribution in [0.15, 0.2) is 6.07 Å². The highest BCUT2D eigenvalue weighted by Crippen LogP contribution is 2.54. The van der Waals surface area contributed by atoms with Crippen LogP contribution in [0.2, 0.25) is 0 Å². The SMILES string of the molecule is CC(=O)c1cc2c(c(O)c1C(C)=O)C[C@H]1NCC[C@@]23C(=O)CCC[C@@H]13. The van der Waals surface area contributed by atoms with Crippen LogP contribution in [0.25, 0.3) is 0 Å². The zero-order valence-corrected chi connectivity index (χ0v) is 14.6. The van der Waals surface area contributed by atoms with Gasteiger partial charge in [0, 0.05) is 23.6 Å². The van der Waals surface area contributed by atoms with Crippen LogP contribution in [0.1, 0.15) is 71.4 Å². The van der Waals surface area contributed by atoms with Crippen molar-refractivity contribution in [2.24, 2.45) is 5.92 Å². The van der Waals surface area contributed by atoms with Gasteiger partial charge in [0.25, 0.3) is 0 Å². The molecule has 2 bridgehead atoms. The van der Waals surface area contributed by atoms with Gasteiger partial charge in [-0.25, -0.2) is 0 Å². The van der Waals surface area contributed by atoms with Gasteiger partial charge in [-0.1, -0.05) is 0 Å². The summed E-state index contributed by atoms with van der Waals surface area (Å²) in [5, 5.41) is 14.4. The molecule has 1 heterocycles. The molecule has 1 aliphatic heterocycles. The fourth-order valence-corrected chi connectivity index (χ4v) is 5.49. The summed E-state index contributed by atoms with van der Waals surface area (Å²) in [5.74, 6) is -0.244. The number of carbonyl (C=O) groups excluding carboxylic acids is 3. The maximum atomic E-state index is 13.1. The number of ketones is 3. The average Bonchev–Trinajstić information content (AvgIpc) is 2.55. The van der Waals surface area contributed by atoms with E-state index in [1.165, 1.54) is 13.8 Å². The van der Waals surface area contributed by atoms with Crippen LogP contribution in [0.5, 0.6) is 5.75 Å². The summed E-state index contributed by atoms with van der Waals surface area (Å²) in [7, 11) is 0. The molecule has 0 spiro atoms. The van der Waals surface area contributed by atoms with Gasteiger partial charge in [0.05, 0.1) is 11.0 Å². The number of nitrogens with one attached hydrogen (secondary N) is 1. The van der Waals surface area contributed by atoms with Gasteiger partial charge in [0.15, 0.2) is 11.6 Å². The standard InChI is InChI=1S/C20H23NO4/c1-10(22)12-8-15-13(19(25)18(12)11(2)23)9-16-14-4-3-5-17(24)20(14,15)6-7-21-16/h8,14,16,21,25H,3-7,9H2,1-2H3/t14-,16+,20-/m0/s1. The average molecular weight is 341 g/mol. The minimum atomic E-state index is -0.612. The van der Waals surface area contributed by atoms with Crippen LogP contribution in [0.4, 0.5) is 0 Å². The van der Waals surface area contributed by atoms with E-state index >= 15 is 0 Å². The number of piperidine rings is 1. The third kappa shape index (κ3) is 2.08. The smallest absolute Gasteiger partial charge is 0.164 e. The van der Waals surface area contributed by atoms with Crippen LogP contribution in [0, 0.1) is 5.92 Å². The summed E-state index contributed by atoms with van der Waals surface area (Å²) in [6.45, 7) is 3.53. The molecular formula is C20H23NO4. The Kier molecular flexibility index (Phi) is 3.62. The Balaban J connectivity index is 2.05. The van der Waals surface area contributed by atoms with E-state index in [9.17, 15) is 19.5 Å². The van der Waals surface area contributed by atoms with Gasteiger partial charge in [-0.15, -0.1) is 0 Å². The van der Waals surface area contributed by atoms with Crippen LogP contribution < -0.4 is 5.32 Å². The molecule has 0 radical (unpaired) electrons. The molecule has 5 heteroatoms. The van der Waals surface area contributed by atoms with Crippen LogP contribution >= 0.6 is 0 Å². The number of hydrogen-bond acceptors (Lipinski definition) is 5. The highest BCUT2D eigenvalue weighted by atomic mass is 16.3. The Labute approximate surface area is 146 Å². The molecule has 1 saturated heterocycles. The number of phenols is 1. The molecule has 5 nitrogen and oxygen atoms in total. The van der Waals surface area contributed by atoms with E-state index in [0.717, 1.165) is 24.9 Å². The van der Waals surface area contributed by atoms with Crippen LogP contribution in [0.3, 0.4) is 0 Å². The Morgan fingerprint density at radius 2 is 2.04 bits per heavy atom. The van der Waals surface area contributed by atoms with E-state index in [1.54, 1.807) is 6.07 Å². The van der Waals surface area contributed by atoms with Gasteiger partial charge in [-0.3, -0.25) is 14.4 Å².